The highest BCUT2D eigenvalue weighted by molar-refractivity contribution is 5.69. The van der Waals surface area contributed by atoms with E-state index >= 15 is 0 Å². The fourth-order valence-corrected chi connectivity index (χ4v) is 1.80. The summed E-state index contributed by atoms with van der Waals surface area (Å²) in [6, 6.07) is 7.02. The minimum absolute atomic E-state index is 0.164. The monoisotopic (exact) mass is 294 g/mol. The molecule has 0 aliphatic rings. The van der Waals surface area contributed by atoms with Crippen molar-refractivity contribution >= 4 is 11.4 Å². The van der Waals surface area contributed by atoms with Gasteiger partial charge in [-0.1, -0.05) is 6.07 Å². The Morgan fingerprint density at radius 1 is 1.24 bits per heavy atom. The Hall–Kier alpha value is -2.70. The van der Waals surface area contributed by atoms with Crippen LogP contribution in [0, 0.1) is 21.7 Å². The minimum atomic E-state index is -0.806. The molecule has 0 aliphatic carbocycles. The van der Waals surface area contributed by atoms with Crippen LogP contribution in [0.5, 0.6) is 11.5 Å². The van der Waals surface area contributed by atoms with Crippen LogP contribution in [0.25, 0.3) is 0 Å². The lowest BCUT2D eigenvalue weighted by Crippen LogP contribution is -2.03. The summed E-state index contributed by atoms with van der Waals surface area (Å²) in [5, 5.41) is 14.0. The maximum atomic E-state index is 13.6. The number of para-hydroxylation sites is 1. The van der Waals surface area contributed by atoms with Gasteiger partial charge in [0.25, 0.3) is 0 Å². The average molecular weight is 294 g/mol. The van der Waals surface area contributed by atoms with Crippen LogP contribution in [-0.4, -0.2) is 11.5 Å². The van der Waals surface area contributed by atoms with Gasteiger partial charge in [-0.15, -0.1) is 0 Å². The van der Waals surface area contributed by atoms with Crippen molar-refractivity contribution in [3.63, 3.8) is 0 Å². The summed E-state index contributed by atoms with van der Waals surface area (Å²) < 4.78 is 31.8. The second-order valence-electron chi connectivity index (χ2n) is 4.12. The zero-order chi connectivity index (χ0) is 15.4. The molecule has 0 bridgehead atoms. The van der Waals surface area contributed by atoms with E-state index in [1.54, 1.807) is 6.92 Å². The molecule has 5 nitrogen and oxygen atoms in total. The molecular weight excluding hydrogens is 282 g/mol. The second kappa shape index (κ2) is 6.17. The topological polar surface area (TPSA) is 64.4 Å². The summed E-state index contributed by atoms with van der Waals surface area (Å²) in [5.41, 5.74) is -0.0835. The van der Waals surface area contributed by atoms with Crippen molar-refractivity contribution in [1.29, 1.82) is 0 Å². The lowest BCUT2D eigenvalue weighted by molar-refractivity contribution is -0.384. The summed E-state index contributed by atoms with van der Waals surface area (Å²) in [5.74, 6) is -2.08. The Balaban J connectivity index is 2.46. The van der Waals surface area contributed by atoms with Crippen molar-refractivity contribution < 1.29 is 18.4 Å². The number of anilines is 1. The molecule has 110 valence electrons. The van der Waals surface area contributed by atoms with Gasteiger partial charge in [0.15, 0.2) is 11.6 Å². The summed E-state index contributed by atoms with van der Waals surface area (Å²) >= 11 is 0. The molecule has 0 heterocycles. The van der Waals surface area contributed by atoms with E-state index in [0.717, 1.165) is 18.2 Å². The molecule has 0 spiro atoms. The van der Waals surface area contributed by atoms with E-state index in [9.17, 15) is 18.9 Å². The van der Waals surface area contributed by atoms with Gasteiger partial charge in [0, 0.05) is 12.6 Å². The molecule has 2 aromatic rings. The minimum Gasteiger partial charge on any atom is -0.447 e. The Bertz CT molecular complexity index is 677. The molecule has 2 aromatic carbocycles. The third-order valence-electron chi connectivity index (χ3n) is 2.66. The molecule has 0 saturated carbocycles. The first-order chi connectivity index (χ1) is 10.0. The fourth-order valence-electron chi connectivity index (χ4n) is 1.80. The largest absolute Gasteiger partial charge is 0.447 e. The molecule has 0 atom stereocenters. The highest BCUT2D eigenvalue weighted by Crippen LogP contribution is 2.38. The number of ether oxygens (including phenoxy) is 1. The normalized spacial score (nSPS) is 10.2. The van der Waals surface area contributed by atoms with Gasteiger partial charge in [0.2, 0.25) is 5.75 Å². The molecule has 0 aliphatic heterocycles. The van der Waals surface area contributed by atoms with Crippen molar-refractivity contribution in [2.24, 2.45) is 0 Å². The van der Waals surface area contributed by atoms with Gasteiger partial charge in [-0.2, -0.15) is 0 Å². The highest BCUT2D eigenvalue weighted by atomic mass is 19.1. The van der Waals surface area contributed by atoms with Crippen LogP contribution in [-0.2, 0) is 0 Å². The van der Waals surface area contributed by atoms with Crippen LogP contribution in [0.15, 0.2) is 36.4 Å². The van der Waals surface area contributed by atoms with Gasteiger partial charge in [-0.05, 0) is 31.2 Å². The van der Waals surface area contributed by atoms with Crippen LogP contribution in [0.3, 0.4) is 0 Å². The van der Waals surface area contributed by atoms with Crippen LogP contribution in [0.2, 0.25) is 0 Å². The van der Waals surface area contributed by atoms with Gasteiger partial charge in [0.1, 0.15) is 11.5 Å². The third kappa shape index (κ3) is 3.25. The molecule has 2 rings (SSSR count). The van der Waals surface area contributed by atoms with Crippen molar-refractivity contribution in [2.45, 2.75) is 6.92 Å². The predicted molar refractivity (Wildman–Crippen MR) is 73.7 cm³/mol. The maximum absolute atomic E-state index is 13.6. The van der Waals surface area contributed by atoms with Gasteiger partial charge >= 0.3 is 5.69 Å². The maximum Gasteiger partial charge on any atom is 0.334 e. The summed E-state index contributed by atoms with van der Waals surface area (Å²) in [6.45, 7) is 2.25. The van der Waals surface area contributed by atoms with Crippen molar-refractivity contribution in [1.82, 2.24) is 0 Å². The number of nitro groups is 1. The smallest absolute Gasteiger partial charge is 0.334 e. The van der Waals surface area contributed by atoms with E-state index in [2.05, 4.69) is 5.32 Å². The standard InChI is InChI=1S/C14H12F2N2O3/c1-2-17-11-4-3-5-12(14(11)18(19)20)21-13-8-9(15)6-7-10(13)16/h3-8,17H,2H2,1H3. The zero-order valence-electron chi connectivity index (χ0n) is 11.1. The fraction of sp³-hybridized carbons (Fsp3) is 0.143. The molecule has 0 radical (unpaired) electrons. The van der Waals surface area contributed by atoms with Gasteiger partial charge < -0.3 is 10.1 Å². The SMILES string of the molecule is CCNc1cccc(Oc2cc(F)ccc2F)c1[N+](=O)[O-]. The zero-order valence-corrected chi connectivity index (χ0v) is 11.1. The Morgan fingerprint density at radius 2 is 2.00 bits per heavy atom. The first kappa shape index (κ1) is 14.7. The number of hydrogen-bond donors (Lipinski definition) is 1. The van der Waals surface area contributed by atoms with Crippen molar-refractivity contribution in [3.05, 3.63) is 58.1 Å². The van der Waals surface area contributed by atoms with Crippen LogP contribution in [0.1, 0.15) is 6.92 Å². The van der Waals surface area contributed by atoms with E-state index in [0.29, 0.717) is 6.54 Å². The Kier molecular flexibility index (Phi) is 4.32. The quantitative estimate of drug-likeness (QED) is 0.666. The van der Waals surface area contributed by atoms with E-state index in [-0.39, 0.29) is 17.1 Å². The molecule has 0 aromatic heterocycles. The summed E-state index contributed by atoms with van der Waals surface area (Å²) in [7, 11) is 0. The van der Waals surface area contributed by atoms with Crippen molar-refractivity contribution in [2.75, 3.05) is 11.9 Å². The van der Waals surface area contributed by atoms with Gasteiger partial charge in [-0.3, -0.25) is 10.1 Å². The van der Waals surface area contributed by atoms with Crippen LogP contribution >= 0.6 is 0 Å². The lowest BCUT2D eigenvalue weighted by Gasteiger charge is -2.10. The number of nitrogens with zero attached hydrogens (tertiary/aromatic N) is 1. The van der Waals surface area contributed by atoms with E-state index in [1.807, 2.05) is 0 Å². The highest BCUT2D eigenvalue weighted by Gasteiger charge is 2.22. The summed E-state index contributed by atoms with van der Waals surface area (Å²) in [6.07, 6.45) is 0. The second-order valence-corrected chi connectivity index (χ2v) is 4.12. The van der Waals surface area contributed by atoms with Gasteiger partial charge in [0.05, 0.1) is 4.92 Å². The number of benzene rings is 2. The number of nitrogens with one attached hydrogen (secondary N) is 1. The molecule has 0 fully saturated rings. The summed E-state index contributed by atoms with van der Waals surface area (Å²) in [4.78, 5) is 10.5. The van der Waals surface area contributed by atoms with E-state index in [1.165, 1.54) is 18.2 Å². The van der Waals surface area contributed by atoms with Crippen LogP contribution in [0.4, 0.5) is 20.2 Å². The molecule has 0 unspecified atom stereocenters. The Labute approximate surface area is 119 Å². The number of rotatable bonds is 5. The number of hydrogen-bond acceptors (Lipinski definition) is 4. The molecule has 1 N–H and O–H groups in total. The molecule has 0 saturated heterocycles. The predicted octanol–water partition coefficient (Wildman–Crippen LogP) is 4.10. The molecule has 0 amide bonds. The molecular formula is C14H12F2N2O3. The average Bonchev–Trinajstić information content (AvgIpc) is 2.43. The third-order valence-corrected chi connectivity index (χ3v) is 2.66. The Morgan fingerprint density at radius 3 is 2.67 bits per heavy atom. The van der Waals surface area contributed by atoms with E-state index < -0.39 is 22.3 Å². The van der Waals surface area contributed by atoms with Crippen molar-refractivity contribution in [3.8, 4) is 11.5 Å². The molecule has 21 heavy (non-hydrogen) atoms. The van der Waals surface area contributed by atoms with Crippen LogP contribution < -0.4 is 10.1 Å². The van der Waals surface area contributed by atoms with E-state index in [4.69, 9.17) is 4.74 Å². The van der Waals surface area contributed by atoms with Gasteiger partial charge in [-0.25, -0.2) is 8.78 Å². The number of halogens is 2. The molecule has 7 heteroatoms. The number of nitro benzene ring substituents is 1. The first-order valence-corrected chi connectivity index (χ1v) is 6.17. The lowest BCUT2D eigenvalue weighted by atomic mass is 10.2. The first-order valence-electron chi connectivity index (χ1n) is 6.17.